The Balaban J connectivity index is 2.95. The van der Waals surface area contributed by atoms with Crippen LogP contribution in [0.25, 0.3) is 0 Å². The smallest absolute Gasteiger partial charge is 0.387 e. The molecule has 0 heterocycles. The van der Waals surface area contributed by atoms with E-state index < -0.39 is 6.61 Å². The van der Waals surface area contributed by atoms with Gasteiger partial charge in [-0.1, -0.05) is 6.07 Å². The standard InChI is InChI=1S/C11H11F2NO2/c1-2-15-10-7-8(5-6-14)3-4-9(10)16-11(12)13/h3-4,7,11H,2,5H2,1H3. The molecule has 0 saturated carbocycles. The summed E-state index contributed by atoms with van der Waals surface area (Å²) in [4.78, 5) is 0. The average Bonchev–Trinajstić information content (AvgIpc) is 2.22. The van der Waals surface area contributed by atoms with Crippen LogP contribution in [0.3, 0.4) is 0 Å². The van der Waals surface area contributed by atoms with Gasteiger partial charge in [0.05, 0.1) is 19.1 Å². The van der Waals surface area contributed by atoms with E-state index in [0.717, 1.165) is 0 Å². The van der Waals surface area contributed by atoms with E-state index in [1.807, 2.05) is 6.07 Å². The zero-order chi connectivity index (χ0) is 12.0. The summed E-state index contributed by atoms with van der Waals surface area (Å²) in [7, 11) is 0. The molecular formula is C11H11F2NO2. The van der Waals surface area contributed by atoms with Crippen LogP contribution in [0.15, 0.2) is 18.2 Å². The molecule has 1 aromatic carbocycles. The molecule has 86 valence electrons. The number of alkyl halides is 2. The minimum absolute atomic E-state index is 0.0152. The number of ether oxygens (including phenoxy) is 2. The molecular weight excluding hydrogens is 216 g/mol. The van der Waals surface area contributed by atoms with Crippen molar-refractivity contribution in [2.24, 2.45) is 0 Å². The number of hydrogen-bond donors (Lipinski definition) is 0. The Bertz CT molecular complexity index is 388. The van der Waals surface area contributed by atoms with E-state index in [9.17, 15) is 8.78 Å². The summed E-state index contributed by atoms with van der Waals surface area (Å²) in [6, 6.07) is 6.44. The molecule has 0 aliphatic carbocycles. The van der Waals surface area contributed by atoms with Crippen molar-refractivity contribution < 1.29 is 18.3 Å². The van der Waals surface area contributed by atoms with Crippen molar-refractivity contribution in [2.75, 3.05) is 6.61 Å². The molecule has 0 bridgehead atoms. The van der Waals surface area contributed by atoms with Gasteiger partial charge in [-0.05, 0) is 24.6 Å². The molecule has 0 aliphatic rings. The molecule has 1 rings (SSSR count). The van der Waals surface area contributed by atoms with E-state index in [1.165, 1.54) is 12.1 Å². The average molecular weight is 227 g/mol. The van der Waals surface area contributed by atoms with Crippen molar-refractivity contribution in [1.29, 1.82) is 5.26 Å². The van der Waals surface area contributed by atoms with E-state index in [1.54, 1.807) is 13.0 Å². The molecule has 0 N–H and O–H groups in total. The van der Waals surface area contributed by atoms with E-state index in [4.69, 9.17) is 10.00 Å². The lowest BCUT2D eigenvalue weighted by atomic mass is 10.1. The van der Waals surface area contributed by atoms with Crippen LogP contribution >= 0.6 is 0 Å². The summed E-state index contributed by atoms with van der Waals surface area (Å²) in [5.41, 5.74) is 0.701. The van der Waals surface area contributed by atoms with Crippen molar-refractivity contribution in [3.63, 3.8) is 0 Å². The topological polar surface area (TPSA) is 42.2 Å². The van der Waals surface area contributed by atoms with Crippen LogP contribution in [0.1, 0.15) is 12.5 Å². The summed E-state index contributed by atoms with van der Waals surface area (Å²) in [6.45, 7) is -0.806. The maximum Gasteiger partial charge on any atom is 0.387 e. The number of benzene rings is 1. The first-order valence-electron chi connectivity index (χ1n) is 4.74. The molecule has 5 heteroatoms. The molecule has 0 spiro atoms. The third-order valence-electron chi connectivity index (χ3n) is 1.81. The molecule has 0 aliphatic heterocycles. The summed E-state index contributed by atoms with van der Waals surface area (Å²) in [6.07, 6.45) is 0.203. The first-order chi connectivity index (χ1) is 7.67. The SMILES string of the molecule is CCOc1cc(CC#N)ccc1OC(F)F. The quantitative estimate of drug-likeness (QED) is 0.776. The van der Waals surface area contributed by atoms with Crippen LogP contribution in [-0.2, 0) is 6.42 Å². The van der Waals surface area contributed by atoms with E-state index in [-0.39, 0.29) is 17.9 Å². The van der Waals surface area contributed by atoms with Gasteiger partial charge in [0.15, 0.2) is 11.5 Å². The van der Waals surface area contributed by atoms with Gasteiger partial charge in [0.25, 0.3) is 0 Å². The van der Waals surface area contributed by atoms with Gasteiger partial charge in [0, 0.05) is 0 Å². The summed E-state index contributed by atoms with van der Waals surface area (Å²) < 4.78 is 33.6. The second kappa shape index (κ2) is 5.91. The van der Waals surface area contributed by atoms with Crippen molar-refractivity contribution in [3.8, 4) is 17.6 Å². The monoisotopic (exact) mass is 227 g/mol. The van der Waals surface area contributed by atoms with Gasteiger partial charge < -0.3 is 9.47 Å². The molecule has 0 radical (unpaired) electrons. The van der Waals surface area contributed by atoms with E-state index in [0.29, 0.717) is 12.2 Å². The van der Waals surface area contributed by atoms with Gasteiger partial charge in [0.1, 0.15) is 0 Å². The maximum atomic E-state index is 12.1. The van der Waals surface area contributed by atoms with Crippen LogP contribution < -0.4 is 9.47 Å². The molecule has 0 aromatic heterocycles. The molecule has 0 atom stereocenters. The Morgan fingerprint density at radius 3 is 2.69 bits per heavy atom. The Morgan fingerprint density at radius 1 is 1.38 bits per heavy atom. The first kappa shape index (κ1) is 12.2. The highest BCUT2D eigenvalue weighted by atomic mass is 19.3. The molecule has 3 nitrogen and oxygen atoms in total. The lowest BCUT2D eigenvalue weighted by Gasteiger charge is -2.11. The molecule has 0 unspecified atom stereocenters. The third-order valence-corrected chi connectivity index (χ3v) is 1.81. The molecule has 0 fully saturated rings. The molecule has 0 saturated heterocycles. The Kier molecular flexibility index (Phi) is 4.52. The summed E-state index contributed by atoms with van der Waals surface area (Å²) >= 11 is 0. The minimum Gasteiger partial charge on any atom is -0.490 e. The van der Waals surface area contributed by atoms with Crippen molar-refractivity contribution in [2.45, 2.75) is 20.0 Å². The minimum atomic E-state index is -2.89. The zero-order valence-electron chi connectivity index (χ0n) is 8.74. The summed E-state index contributed by atoms with van der Waals surface area (Å²) in [5, 5.41) is 8.51. The van der Waals surface area contributed by atoms with Gasteiger partial charge in [0.2, 0.25) is 0 Å². The van der Waals surface area contributed by atoms with Gasteiger partial charge in [-0.2, -0.15) is 14.0 Å². The molecule has 1 aromatic rings. The van der Waals surface area contributed by atoms with Crippen molar-refractivity contribution in [1.82, 2.24) is 0 Å². The van der Waals surface area contributed by atoms with Crippen molar-refractivity contribution in [3.05, 3.63) is 23.8 Å². The lowest BCUT2D eigenvalue weighted by Crippen LogP contribution is -2.04. The van der Waals surface area contributed by atoms with Crippen LogP contribution in [0.2, 0.25) is 0 Å². The fraction of sp³-hybridized carbons (Fsp3) is 0.364. The number of hydrogen-bond acceptors (Lipinski definition) is 3. The lowest BCUT2D eigenvalue weighted by molar-refractivity contribution is -0.0514. The predicted molar refractivity (Wildman–Crippen MR) is 53.6 cm³/mol. The van der Waals surface area contributed by atoms with Crippen LogP contribution in [0.5, 0.6) is 11.5 Å². The molecule has 0 amide bonds. The van der Waals surface area contributed by atoms with Gasteiger partial charge in [-0.25, -0.2) is 0 Å². The second-order valence-electron chi connectivity index (χ2n) is 2.93. The van der Waals surface area contributed by atoms with Crippen LogP contribution in [0, 0.1) is 11.3 Å². The van der Waals surface area contributed by atoms with E-state index in [2.05, 4.69) is 4.74 Å². The van der Waals surface area contributed by atoms with E-state index >= 15 is 0 Å². The van der Waals surface area contributed by atoms with Crippen molar-refractivity contribution >= 4 is 0 Å². The van der Waals surface area contributed by atoms with Gasteiger partial charge >= 0.3 is 6.61 Å². The predicted octanol–water partition coefficient (Wildman–Crippen LogP) is 2.75. The Labute approximate surface area is 92.2 Å². The van der Waals surface area contributed by atoms with Gasteiger partial charge in [-0.3, -0.25) is 0 Å². The first-order valence-corrected chi connectivity index (χ1v) is 4.74. The second-order valence-corrected chi connectivity index (χ2v) is 2.93. The maximum absolute atomic E-state index is 12.1. The van der Waals surface area contributed by atoms with Gasteiger partial charge in [-0.15, -0.1) is 0 Å². The normalized spacial score (nSPS) is 9.94. The molecule has 16 heavy (non-hydrogen) atoms. The number of nitriles is 1. The van der Waals surface area contributed by atoms with Crippen LogP contribution in [-0.4, -0.2) is 13.2 Å². The largest absolute Gasteiger partial charge is 0.490 e. The highest BCUT2D eigenvalue weighted by Crippen LogP contribution is 2.29. The Hall–Kier alpha value is -1.83. The highest BCUT2D eigenvalue weighted by molar-refractivity contribution is 5.43. The number of rotatable bonds is 5. The fourth-order valence-electron chi connectivity index (χ4n) is 1.22. The number of nitrogens with zero attached hydrogens (tertiary/aromatic N) is 1. The summed E-state index contributed by atoms with van der Waals surface area (Å²) in [5.74, 6) is 0.217. The fourth-order valence-corrected chi connectivity index (χ4v) is 1.22. The zero-order valence-corrected chi connectivity index (χ0v) is 8.74. The Morgan fingerprint density at radius 2 is 2.12 bits per heavy atom. The third kappa shape index (κ3) is 3.39. The van der Waals surface area contributed by atoms with Crippen LogP contribution in [0.4, 0.5) is 8.78 Å². The highest BCUT2D eigenvalue weighted by Gasteiger charge is 2.11. The number of halogens is 2.